The highest BCUT2D eigenvalue weighted by molar-refractivity contribution is 8.05. The van der Waals surface area contributed by atoms with Crippen LogP contribution in [0, 0.1) is 10.7 Å². The van der Waals surface area contributed by atoms with Crippen molar-refractivity contribution in [3.63, 3.8) is 0 Å². The van der Waals surface area contributed by atoms with Gasteiger partial charge in [-0.05, 0) is 40.9 Å². The number of hydrogen-bond acceptors (Lipinski definition) is 5. The van der Waals surface area contributed by atoms with Crippen LogP contribution in [0.25, 0.3) is 0 Å². The maximum Gasteiger partial charge on any atom is 0.337 e. The zero-order valence-electron chi connectivity index (χ0n) is 17.9. The normalized spacial score (nSPS) is 12.6. The van der Waals surface area contributed by atoms with Gasteiger partial charge in [0.05, 0.1) is 11.6 Å². The van der Waals surface area contributed by atoms with E-state index in [1.807, 2.05) is 30.3 Å². The van der Waals surface area contributed by atoms with Gasteiger partial charge in [-0.2, -0.15) is 5.26 Å². The lowest BCUT2D eigenvalue weighted by Crippen LogP contribution is -2.31. The highest BCUT2D eigenvalue weighted by Crippen LogP contribution is 2.34. The fourth-order valence-electron chi connectivity index (χ4n) is 3.48. The number of anilines is 1. The molecular weight excluding hydrogens is 420 g/mol. The first-order valence-electron chi connectivity index (χ1n) is 10.2. The Labute approximate surface area is 192 Å². The van der Waals surface area contributed by atoms with Crippen molar-refractivity contribution >= 4 is 29.2 Å². The summed E-state index contributed by atoms with van der Waals surface area (Å²) in [5.74, 6) is -0.922. The minimum absolute atomic E-state index is 0.101. The van der Waals surface area contributed by atoms with Crippen molar-refractivity contribution in [3.05, 3.63) is 101 Å². The fraction of sp³-hybridized carbons (Fsp3) is 0.192. The van der Waals surface area contributed by atoms with Crippen molar-refractivity contribution < 1.29 is 14.7 Å². The average Bonchev–Trinajstić information content (AvgIpc) is 2.81. The van der Waals surface area contributed by atoms with Gasteiger partial charge in [0.15, 0.2) is 5.78 Å². The molecule has 162 valence electrons. The predicted octanol–water partition coefficient (Wildman–Crippen LogP) is 6.13. The largest absolute Gasteiger partial charge is 0.478 e. The number of thiocyanates is 1. The van der Waals surface area contributed by atoms with E-state index in [1.54, 1.807) is 42.5 Å². The monoisotopic (exact) mass is 444 g/mol. The maximum atomic E-state index is 13.4. The van der Waals surface area contributed by atoms with E-state index in [1.165, 1.54) is 6.07 Å². The van der Waals surface area contributed by atoms with Crippen LogP contribution in [0.3, 0.4) is 0 Å². The third kappa shape index (κ3) is 5.37. The number of carboxylic acids is 1. The summed E-state index contributed by atoms with van der Waals surface area (Å²) in [6, 6.07) is 22.6. The van der Waals surface area contributed by atoms with E-state index in [4.69, 9.17) is 0 Å². The summed E-state index contributed by atoms with van der Waals surface area (Å²) in [6.45, 7) is 4.20. The van der Waals surface area contributed by atoms with E-state index >= 15 is 0 Å². The minimum atomic E-state index is -1.07. The molecule has 0 aliphatic carbocycles. The van der Waals surface area contributed by atoms with E-state index in [2.05, 4.69) is 24.6 Å². The Hall–Kier alpha value is -3.56. The SMILES string of the molecule is CC(C)c1ccc([C@@H](Nc2ccccc2C(=O)O)[C@H](SC#N)C(=O)c2ccccc2)cc1. The number of rotatable bonds is 9. The number of carbonyl (C=O) groups is 2. The molecule has 0 aromatic heterocycles. The second-order valence-electron chi connectivity index (χ2n) is 7.65. The molecule has 0 aliphatic heterocycles. The Morgan fingerprint density at radius 3 is 2.09 bits per heavy atom. The lowest BCUT2D eigenvalue weighted by Gasteiger charge is -2.27. The Morgan fingerprint density at radius 2 is 1.50 bits per heavy atom. The van der Waals surface area contributed by atoms with E-state index in [9.17, 15) is 20.0 Å². The molecule has 0 radical (unpaired) electrons. The smallest absolute Gasteiger partial charge is 0.337 e. The lowest BCUT2D eigenvalue weighted by atomic mass is 9.94. The number of Topliss-reactive ketones (excluding diaryl/α,β-unsaturated/α-hetero) is 1. The van der Waals surface area contributed by atoms with Gasteiger partial charge in [-0.1, -0.05) is 80.6 Å². The van der Waals surface area contributed by atoms with Gasteiger partial charge in [0.2, 0.25) is 0 Å². The highest BCUT2D eigenvalue weighted by Gasteiger charge is 2.32. The molecule has 0 heterocycles. The average molecular weight is 445 g/mol. The summed E-state index contributed by atoms with van der Waals surface area (Å²) in [6.07, 6.45) is 0. The molecule has 0 saturated carbocycles. The first kappa shape index (κ1) is 23.1. The number of ketones is 1. The Balaban J connectivity index is 2.08. The van der Waals surface area contributed by atoms with Gasteiger partial charge in [0.25, 0.3) is 0 Å². The maximum absolute atomic E-state index is 13.4. The number of hydrogen-bond donors (Lipinski definition) is 2. The number of nitrogens with one attached hydrogen (secondary N) is 1. The molecule has 6 heteroatoms. The first-order chi connectivity index (χ1) is 15.4. The van der Waals surface area contributed by atoms with Crippen molar-refractivity contribution in [1.29, 1.82) is 5.26 Å². The molecule has 32 heavy (non-hydrogen) atoms. The van der Waals surface area contributed by atoms with Crippen LogP contribution >= 0.6 is 11.8 Å². The summed E-state index contributed by atoms with van der Waals surface area (Å²) < 4.78 is 0. The lowest BCUT2D eigenvalue weighted by molar-refractivity contribution is 0.0697. The Morgan fingerprint density at radius 1 is 0.906 bits per heavy atom. The molecule has 0 aliphatic rings. The second kappa shape index (κ2) is 10.7. The summed E-state index contributed by atoms with van der Waals surface area (Å²) in [4.78, 5) is 25.2. The number of para-hydroxylation sites is 1. The van der Waals surface area contributed by atoms with Crippen LogP contribution in [-0.4, -0.2) is 22.1 Å². The van der Waals surface area contributed by atoms with Crippen LogP contribution in [0.5, 0.6) is 0 Å². The van der Waals surface area contributed by atoms with Crippen LogP contribution in [0.15, 0.2) is 78.9 Å². The molecule has 0 spiro atoms. The molecule has 0 saturated heterocycles. The molecule has 0 amide bonds. The molecular formula is C26H24N2O3S. The van der Waals surface area contributed by atoms with Gasteiger partial charge in [-0.3, -0.25) is 4.79 Å². The number of thioether (sulfide) groups is 1. The third-order valence-electron chi connectivity index (χ3n) is 5.23. The third-order valence-corrected chi connectivity index (χ3v) is 6.08. The van der Waals surface area contributed by atoms with Gasteiger partial charge in [-0.15, -0.1) is 0 Å². The van der Waals surface area contributed by atoms with Crippen LogP contribution in [-0.2, 0) is 0 Å². The van der Waals surface area contributed by atoms with Gasteiger partial charge in [-0.25, -0.2) is 4.79 Å². The zero-order chi connectivity index (χ0) is 23.1. The molecule has 3 aromatic rings. The van der Waals surface area contributed by atoms with Crippen molar-refractivity contribution in [2.45, 2.75) is 31.1 Å². The number of benzene rings is 3. The van der Waals surface area contributed by atoms with E-state index in [0.29, 0.717) is 17.2 Å². The fourth-order valence-corrected chi connectivity index (χ4v) is 4.20. The second-order valence-corrected chi connectivity index (χ2v) is 8.58. The minimum Gasteiger partial charge on any atom is -0.478 e. The van der Waals surface area contributed by atoms with Crippen molar-refractivity contribution in [2.75, 3.05) is 5.32 Å². The molecule has 2 N–H and O–H groups in total. The molecule has 5 nitrogen and oxygen atoms in total. The molecule has 0 bridgehead atoms. The standard InChI is InChI=1S/C26H24N2O3S/c1-17(2)18-12-14-19(15-13-18)23(28-22-11-7-6-10-21(22)26(30)31)25(32-16-27)24(29)20-8-4-3-5-9-20/h3-15,17,23,25,28H,1-2H3,(H,30,31)/t23-,25+/m1/s1. The Bertz CT molecular complexity index is 1120. The van der Waals surface area contributed by atoms with Crippen molar-refractivity contribution in [3.8, 4) is 5.40 Å². The summed E-state index contributed by atoms with van der Waals surface area (Å²) in [5.41, 5.74) is 2.94. The molecule has 2 atom stereocenters. The van der Waals surface area contributed by atoms with Gasteiger partial charge in [0, 0.05) is 11.3 Å². The highest BCUT2D eigenvalue weighted by atomic mass is 32.2. The van der Waals surface area contributed by atoms with Gasteiger partial charge >= 0.3 is 5.97 Å². The van der Waals surface area contributed by atoms with Crippen LogP contribution in [0.4, 0.5) is 5.69 Å². The Kier molecular flexibility index (Phi) is 7.69. The van der Waals surface area contributed by atoms with Crippen molar-refractivity contribution in [2.24, 2.45) is 0 Å². The summed E-state index contributed by atoms with van der Waals surface area (Å²) >= 11 is 0.872. The molecule has 3 rings (SSSR count). The number of carboxylic acid groups (broad SMARTS) is 1. The number of nitriles is 1. The number of carbonyl (C=O) groups excluding carboxylic acids is 1. The van der Waals surface area contributed by atoms with Crippen molar-refractivity contribution in [1.82, 2.24) is 0 Å². The molecule has 0 unspecified atom stereocenters. The predicted molar refractivity (Wildman–Crippen MR) is 128 cm³/mol. The van der Waals surface area contributed by atoms with E-state index < -0.39 is 17.3 Å². The van der Waals surface area contributed by atoms with Gasteiger partial charge < -0.3 is 10.4 Å². The van der Waals surface area contributed by atoms with E-state index in [0.717, 1.165) is 22.9 Å². The van der Waals surface area contributed by atoms with Gasteiger partial charge in [0.1, 0.15) is 10.7 Å². The van der Waals surface area contributed by atoms with E-state index in [-0.39, 0.29) is 11.3 Å². The zero-order valence-corrected chi connectivity index (χ0v) is 18.7. The van der Waals surface area contributed by atoms with Crippen LogP contribution < -0.4 is 5.32 Å². The number of aromatic carboxylic acids is 1. The first-order valence-corrected chi connectivity index (χ1v) is 11.1. The summed E-state index contributed by atoms with van der Waals surface area (Å²) in [7, 11) is 0. The topological polar surface area (TPSA) is 90.2 Å². The molecule has 0 fully saturated rings. The van der Waals surface area contributed by atoms with Crippen LogP contribution in [0.2, 0.25) is 0 Å². The molecule has 3 aromatic carbocycles. The van der Waals surface area contributed by atoms with Crippen LogP contribution in [0.1, 0.15) is 57.7 Å². The summed E-state index contributed by atoms with van der Waals surface area (Å²) in [5, 5.41) is 23.6. The number of nitrogens with zero attached hydrogens (tertiary/aromatic N) is 1. The quantitative estimate of drug-likeness (QED) is 0.305.